The van der Waals surface area contributed by atoms with Gasteiger partial charge < -0.3 is 9.84 Å². The third kappa shape index (κ3) is 4.94. The normalized spacial score (nSPS) is 17.2. The molecule has 0 spiro atoms. The minimum Gasteiger partial charge on any atom is -0.481 e. The van der Waals surface area contributed by atoms with Gasteiger partial charge in [0.2, 0.25) is 0 Å². The van der Waals surface area contributed by atoms with Crippen LogP contribution in [0.5, 0.6) is 0 Å². The lowest BCUT2D eigenvalue weighted by molar-refractivity contribution is -0.139. The molecule has 1 unspecified atom stereocenters. The van der Waals surface area contributed by atoms with Crippen LogP contribution in [0.15, 0.2) is 24.3 Å². The van der Waals surface area contributed by atoms with E-state index in [0.29, 0.717) is 11.4 Å². The van der Waals surface area contributed by atoms with Crippen LogP contribution in [-0.2, 0) is 9.53 Å². The Morgan fingerprint density at radius 3 is 2.70 bits per heavy atom. The van der Waals surface area contributed by atoms with Crippen molar-refractivity contribution in [2.75, 3.05) is 32.8 Å². The molecular formula is C14H19Cl2NO3. The monoisotopic (exact) mass is 319 g/mol. The largest absolute Gasteiger partial charge is 0.481 e. The third-order valence-electron chi connectivity index (χ3n) is 3.39. The van der Waals surface area contributed by atoms with Gasteiger partial charge >= 0.3 is 5.97 Å². The number of hydrogen-bond acceptors (Lipinski definition) is 3. The minimum absolute atomic E-state index is 0. The summed E-state index contributed by atoms with van der Waals surface area (Å²) in [6.45, 7) is 3.99. The summed E-state index contributed by atoms with van der Waals surface area (Å²) in [6.07, 6.45) is 0.593. The molecule has 1 aromatic rings. The number of halogens is 2. The van der Waals surface area contributed by atoms with Gasteiger partial charge in [0.1, 0.15) is 0 Å². The van der Waals surface area contributed by atoms with E-state index in [2.05, 4.69) is 4.90 Å². The van der Waals surface area contributed by atoms with Crippen LogP contribution in [0.3, 0.4) is 0 Å². The van der Waals surface area contributed by atoms with Crippen LogP contribution >= 0.6 is 24.0 Å². The Bertz CT molecular complexity index is 436. The van der Waals surface area contributed by atoms with E-state index in [1.165, 1.54) is 0 Å². The molecule has 0 radical (unpaired) electrons. The molecule has 2 rings (SSSR count). The predicted molar refractivity (Wildman–Crippen MR) is 81.0 cm³/mol. The number of carboxylic acid groups (broad SMARTS) is 1. The molecule has 1 fully saturated rings. The van der Waals surface area contributed by atoms with Crippen LogP contribution < -0.4 is 0 Å². The van der Waals surface area contributed by atoms with Crippen molar-refractivity contribution in [3.05, 3.63) is 34.9 Å². The Balaban J connectivity index is 0.00000200. The Hall–Kier alpha value is -0.810. The van der Waals surface area contributed by atoms with Gasteiger partial charge in [0.25, 0.3) is 0 Å². The van der Waals surface area contributed by atoms with E-state index in [9.17, 15) is 9.90 Å². The molecule has 4 nitrogen and oxygen atoms in total. The van der Waals surface area contributed by atoms with E-state index >= 15 is 0 Å². The first-order chi connectivity index (χ1) is 9.16. The van der Waals surface area contributed by atoms with E-state index in [1.807, 2.05) is 6.07 Å². The fraction of sp³-hybridized carbons (Fsp3) is 0.500. The lowest BCUT2D eigenvalue weighted by atomic mass is 9.95. The van der Waals surface area contributed by atoms with Crippen molar-refractivity contribution in [1.82, 2.24) is 4.90 Å². The molecule has 1 aliphatic rings. The average molecular weight is 320 g/mol. The fourth-order valence-electron chi connectivity index (χ4n) is 2.29. The highest BCUT2D eigenvalue weighted by Crippen LogP contribution is 2.23. The van der Waals surface area contributed by atoms with Crippen molar-refractivity contribution in [1.29, 1.82) is 0 Å². The predicted octanol–water partition coefficient (Wildman–Crippen LogP) is 2.65. The Kier molecular flexibility index (Phi) is 7.30. The van der Waals surface area contributed by atoms with Gasteiger partial charge in [-0.05, 0) is 30.7 Å². The highest BCUT2D eigenvalue weighted by Gasteiger charge is 2.21. The number of benzene rings is 1. The molecule has 0 aromatic heterocycles. The summed E-state index contributed by atoms with van der Waals surface area (Å²) in [5.74, 6) is -1.29. The van der Waals surface area contributed by atoms with Crippen molar-refractivity contribution >= 4 is 30.0 Å². The van der Waals surface area contributed by atoms with E-state index in [0.717, 1.165) is 38.4 Å². The van der Waals surface area contributed by atoms with E-state index in [1.54, 1.807) is 18.2 Å². The molecule has 1 N–H and O–H groups in total. The first-order valence-corrected chi connectivity index (χ1v) is 6.83. The van der Waals surface area contributed by atoms with Crippen LogP contribution in [0.25, 0.3) is 0 Å². The van der Waals surface area contributed by atoms with Crippen molar-refractivity contribution in [2.45, 2.75) is 12.3 Å². The summed E-state index contributed by atoms with van der Waals surface area (Å²) in [5, 5.41) is 9.94. The summed E-state index contributed by atoms with van der Waals surface area (Å²) < 4.78 is 5.28. The van der Waals surface area contributed by atoms with Gasteiger partial charge in [-0.2, -0.15) is 0 Å². The van der Waals surface area contributed by atoms with Gasteiger partial charge in [-0.1, -0.05) is 23.7 Å². The molecule has 0 aliphatic carbocycles. The number of nitrogens with zero attached hydrogens (tertiary/aromatic N) is 1. The minimum atomic E-state index is -0.796. The number of ether oxygens (including phenoxy) is 1. The third-order valence-corrected chi connectivity index (χ3v) is 3.62. The zero-order valence-electron chi connectivity index (χ0n) is 11.1. The number of hydrogen-bond donors (Lipinski definition) is 1. The number of carbonyl (C=O) groups is 1. The van der Waals surface area contributed by atoms with Gasteiger partial charge in [0, 0.05) is 18.1 Å². The molecule has 1 heterocycles. The fourth-order valence-corrected chi connectivity index (χ4v) is 2.49. The number of morpholine rings is 1. The van der Waals surface area contributed by atoms with Crippen molar-refractivity contribution in [3.8, 4) is 0 Å². The van der Waals surface area contributed by atoms with Gasteiger partial charge in [-0.15, -0.1) is 12.4 Å². The summed E-state index contributed by atoms with van der Waals surface area (Å²) in [6, 6.07) is 7.11. The number of aliphatic carboxylic acids is 1. The molecule has 1 atom stereocenters. The highest BCUT2D eigenvalue weighted by molar-refractivity contribution is 6.30. The Labute approximate surface area is 130 Å². The summed E-state index contributed by atoms with van der Waals surface area (Å²) in [7, 11) is 0. The molecule has 0 bridgehead atoms. The van der Waals surface area contributed by atoms with Crippen molar-refractivity contribution in [3.63, 3.8) is 0 Å². The zero-order chi connectivity index (χ0) is 13.7. The van der Waals surface area contributed by atoms with Crippen molar-refractivity contribution in [2.24, 2.45) is 0 Å². The maximum absolute atomic E-state index is 11.4. The number of carboxylic acids is 1. The van der Waals surface area contributed by atoms with Crippen molar-refractivity contribution < 1.29 is 14.6 Å². The first kappa shape index (κ1) is 17.2. The van der Waals surface area contributed by atoms with Gasteiger partial charge in [-0.25, -0.2) is 0 Å². The second kappa shape index (κ2) is 8.47. The average Bonchev–Trinajstić information content (AvgIpc) is 2.40. The quantitative estimate of drug-likeness (QED) is 0.906. The molecule has 0 amide bonds. The smallest absolute Gasteiger partial charge is 0.311 e. The van der Waals surface area contributed by atoms with Crippen LogP contribution in [0, 0.1) is 0 Å². The van der Waals surface area contributed by atoms with Crippen LogP contribution in [0.1, 0.15) is 17.9 Å². The SMILES string of the molecule is Cl.O=C(O)C(CCN1CCOCC1)c1cccc(Cl)c1. The van der Waals surface area contributed by atoms with Gasteiger partial charge in [0.05, 0.1) is 19.1 Å². The Morgan fingerprint density at radius 1 is 1.40 bits per heavy atom. The number of rotatable bonds is 5. The summed E-state index contributed by atoms with van der Waals surface area (Å²) in [5.41, 5.74) is 0.772. The first-order valence-electron chi connectivity index (χ1n) is 6.45. The lowest BCUT2D eigenvalue weighted by Crippen LogP contribution is -2.37. The van der Waals surface area contributed by atoms with Gasteiger partial charge in [0.15, 0.2) is 0 Å². The molecule has 112 valence electrons. The molecule has 1 saturated heterocycles. The topological polar surface area (TPSA) is 49.8 Å². The highest BCUT2D eigenvalue weighted by atomic mass is 35.5. The van der Waals surface area contributed by atoms with Gasteiger partial charge in [-0.3, -0.25) is 9.69 Å². The molecular weight excluding hydrogens is 301 g/mol. The standard InChI is InChI=1S/C14H18ClNO3.ClH/c15-12-3-1-2-11(10-12)13(14(17)18)4-5-16-6-8-19-9-7-16;/h1-3,10,13H,4-9H2,(H,17,18);1H. The molecule has 20 heavy (non-hydrogen) atoms. The van der Waals surface area contributed by atoms with Crippen LogP contribution in [-0.4, -0.2) is 48.8 Å². The van der Waals surface area contributed by atoms with Crippen LogP contribution in [0.4, 0.5) is 0 Å². The lowest BCUT2D eigenvalue weighted by Gasteiger charge is -2.27. The molecule has 1 aliphatic heterocycles. The molecule has 0 saturated carbocycles. The summed E-state index contributed by atoms with van der Waals surface area (Å²) in [4.78, 5) is 13.6. The second-order valence-electron chi connectivity index (χ2n) is 4.69. The van der Waals surface area contributed by atoms with E-state index < -0.39 is 11.9 Å². The molecule has 6 heteroatoms. The maximum Gasteiger partial charge on any atom is 0.311 e. The van der Waals surface area contributed by atoms with E-state index in [-0.39, 0.29) is 12.4 Å². The maximum atomic E-state index is 11.4. The zero-order valence-corrected chi connectivity index (χ0v) is 12.7. The second-order valence-corrected chi connectivity index (χ2v) is 5.12. The van der Waals surface area contributed by atoms with Crippen LogP contribution in [0.2, 0.25) is 5.02 Å². The summed E-state index contributed by atoms with van der Waals surface area (Å²) >= 11 is 5.92. The van der Waals surface area contributed by atoms with E-state index in [4.69, 9.17) is 16.3 Å². The molecule has 1 aromatic carbocycles. The Morgan fingerprint density at radius 2 is 2.10 bits per heavy atom.